The SMILES string of the molecule is Cc1nc(N)nc(-c2ccccc2)c1-c1nnc(C(F)F)o1. The maximum absolute atomic E-state index is 12.6. The first-order chi connectivity index (χ1) is 10.6. The van der Waals surface area contributed by atoms with Gasteiger partial charge in [-0.05, 0) is 6.92 Å². The summed E-state index contributed by atoms with van der Waals surface area (Å²) in [4.78, 5) is 8.23. The molecule has 0 saturated heterocycles. The Kier molecular flexibility index (Phi) is 3.50. The Morgan fingerprint density at radius 2 is 1.82 bits per heavy atom. The Balaban J connectivity index is 2.21. The predicted molar refractivity (Wildman–Crippen MR) is 74.9 cm³/mol. The molecule has 0 aliphatic rings. The van der Waals surface area contributed by atoms with Gasteiger partial charge in [0.25, 0.3) is 11.8 Å². The fraction of sp³-hybridized carbons (Fsp3) is 0.143. The van der Waals surface area contributed by atoms with E-state index in [-0.39, 0.29) is 11.8 Å². The number of benzene rings is 1. The van der Waals surface area contributed by atoms with E-state index in [1.807, 2.05) is 30.3 Å². The summed E-state index contributed by atoms with van der Waals surface area (Å²) in [5.74, 6) is -0.731. The van der Waals surface area contributed by atoms with E-state index in [0.29, 0.717) is 17.0 Å². The number of aromatic nitrogens is 4. The lowest BCUT2D eigenvalue weighted by Crippen LogP contribution is -2.02. The minimum Gasteiger partial charge on any atom is -0.415 e. The van der Waals surface area contributed by atoms with Crippen LogP contribution in [0.5, 0.6) is 0 Å². The highest BCUT2D eigenvalue weighted by Crippen LogP contribution is 2.33. The van der Waals surface area contributed by atoms with Gasteiger partial charge in [0.05, 0.1) is 17.0 Å². The predicted octanol–water partition coefficient (Wildman–Crippen LogP) is 3.02. The molecule has 2 aromatic heterocycles. The van der Waals surface area contributed by atoms with Gasteiger partial charge in [-0.1, -0.05) is 30.3 Å². The molecule has 3 rings (SSSR count). The fourth-order valence-electron chi connectivity index (χ4n) is 2.08. The number of anilines is 1. The molecular formula is C14H11F2N5O. The van der Waals surface area contributed by atoms with Gasteiger partial charge in [0, 0.05) is 5.56 Å². The number of nitrogen functional groups attached to an aromatic ring is 1. The van der Waals surface area contributed by atoms with Gasteiger partial charge in [-0.15, -0.1) is 10.2 Å². The van der Waals surface area contributed by atoms with Crippen LogP contribution in [0.1, 0.15) is 18.0 Å². The quantitative estimate of drug-likeness (QED) is 0.799. The second-order valence-corrected chi connectivity index (χ2v) is 4.50. The summed E-state index contributed by atoms with van der Waals surface area (Å²) >= 11 is 0. The standard InChI is InChI=1S/C14H11F2N5O/c1-7-9(12-20-21-13(22-12)11(15)16)10(19-14(17)18-7)8-5-3-2-4-6-8/h2-6,11H,1H3,(H2,17,18,19). The smallest absolute Gasteiger partial charge is 0.314 e. The Labute approximate surface area is 124 Å². The number of nitrogens with two attached hydrogens (primary N) is 1. The summed E-state index contributed by atoms with van der Waals surface area (Å²) in [5, 5.41) is 7.00. The van der Waals surface area contributed by atoms with Crippen LogP contribution in [-0.4, -0.2) is 20.2 Å². The van der Waals surface area contributed by atoms with Crippen molar-refractivity contribution < 1.29 is 13.2 Å². The first-order valence-electron chi connectivity index (χ1n) is 6.37. The number of alkyl halides is 2. The molecule has 2 N–H and O–H groups in total. The molecule has 0 bridgehead atoms. The van der Waals surface area contributed by atoms with E-state index in [4.69, 9.17) is 10.2 Å². The van der Waals surface area contributed by atoms with Crippen molar-refractivity contribution in [1.29, 1.82) is 0 Å². The topological polar surface area (TPSA) is 90.7 Å². The van der Waals surface area contributed by atoms with Crippen molar-refractivity contribution in [3.05, 3.63) is 41.9 Å². The molecule has 2 heterocycles. The number of rotatable bonds is 3. The van der Waals surface area contributed by atoms with Gasteiger partial charge < -0.3 is 10.2 Å². The zero-order valence-electron chi connectivity index (χ0n) is 11.5. The lowest BCUT2D eigenvalue weighted by molar-refractivity contribution is 0.116. The van der Waals surface area contributed by atoms with E-state index in [0.717, 1.165) is 5.56 Å². The Hall–Kier alpha value is -2.90. The molecular weight excluding hydrogens is 292 g/mol. The maximum Gasteiger partial charge on any atom is 0.314 e. The van der Waals surface area contributed by atoms with Crippen LogP contribution in [0, 0.1) is 6.92 Å². The summed E-state index contributed by atoms with van der Waals surface area (Å²) in [5.41, 5.74) is 7.74. The molecule has 0 unspecified atom stereocenters. The zero-order valence-corrected chi connectivity index (χ0v) is 11.5. The first-order valence-corrected chi connectivity index (χ1v) is 6.37. The minimum absolute atomic E-state index is 0.0633. The summed E-state index contributed by atoms with van der Waals surface area (Å²) in [6.07, 6.45) is -2.84. The average Bonchev–Trinajstić information content (AvgIpc) is 2.97. The van der Waals surface area contributed by atoms with Crippen molar-refractivity contribution in [2.75, 3.05) is 5.73 Å². The van der Waals surface area contributed by atoms with Gasteiger partial charge >= 0.3 is 6.43 Å². The minimum atomic E-state index is -2.84. The van der Waals surface area contributed by atoms with Crippen LogP contribution < -0.4 is 5.73 Å². The lowest BCUT2D eigenvalue weighted by atomic mass is 10.0. The molecule has 0 amide bonds. The van der Waals surface area contributed by atoms with Crippen molar-refractivity contribution >= 4 is 5.95 Å². The van der Waals surface area contributed by atoms with Crippen molar-refractivity contribution in [3.8, 4) is 22.7 Å². The largest absolute Gasteiger partial charge is 0.415 e. The summed E-state index contributed by atoms with van der Waals surface area (Å²) in [7, 11) is 0. The van der Waals surface area contributed by atoms with Crippen molar-refractivity contribution in [2.45, 2.75) is 13.3 Å². The van der Waals surface area contributed by atoms with Crippen molar-refractivity contribution in [2.24, 2.45) is 0 Å². The zero-order chi connectivity index (χ0) is 15.7. The van der Waals surface area contributed by atoms with Crippen LogP contribution in [0.3, 0.4) is 0 Å². The van der Waals surface area contributed by atoms with E-state index in [9.17, 15) is 8.78 Å². The Morgan fingerprint density at radius 1 is 1.09 bits per heavy atom. The molecule has 0 radical (unpaired) electrons. The molecule has 0 aliphatic heterocycles. The summed E-state index contributed by atoms with van der Waals surface area (Å²) in [6.45, 7) is 1.67. The van der Waals surface area contributed by atoms with E-state index < -0.39 is 12.3 Å². The lowest BCUT2D eigenvalue weighted by Gasteiger charge is -2.09. The van der Waals surface area contributed by atoms with Crippen LogP contribution in [0.25, 0.3) is 22.7 Å². The summed E-state index contributed by atoms with van der Waals surface area (Å²) < 4.78 is 30.3. The number of hydrogen-bond acceptors (Lipinski definition) is 6. The van der Waals surface area contributed by atoms with Crippen LogP contribution in [0.4, 0.5) is 14.7 Å². The van der Waals surface area contributed by atoms with Crippen LogP contribution in [0.2, 0.25) is 0 Å². The molecule has 22 heavy (non-hydrogen) atoms. The fourth-order valence-corrected chi connectivity index (χ4v) is 2.08. The van der Waals surface area contributed by atoms with Crippen LogP contribution in [-0.2, 0) is 0 Å². The molecule has 112 valence electrons. The highest BCUT2D eigenvalue weighted by atomic mass is 19.3. The van der Waals surface area contributed by atoms with E-state index in [2.05, 4.69) is 20.2 Å². The number of halogens is 2. The third-order valence-electron chi connectivity index (χ3n) is 3.00. The molecule has 6 nitrogen and oxygen atoms in total. The third kappa shape index (κ3) is 2.50. The van der Waals surface area contributed by atoms with E-state index in [1.165, 1.54) is 0 Å². The Bertz CT molecular complexity index is 804. The van der Waals surface area contributed by atoms with Gasteiger partial charge in [-0.25, -0.2) is 9.97 Å². The molecule has 0 aliphatic carbocycles. The van der Waals surface area contributed by atoms with Gasteiger partial charge in [-0.2, -0.15) is 8.78 Å². The molecule has 0 atom stereocenters. The Morgan fingerprint density at radius 3 is 2.45 bits per heavy atom. The van der Waals surface area contributed by atoms with Gasteiger partial charge in [0.1, 0.15) is 0 Å². The number of nitrogens with zero attached hydrogens (tertiary/aromatic N) is 4. The second-order valence-electron chi connectivity index (χ2n) is 4.50. The van der Waals surface area contributed by atoms with Crippen molar-refractivity contribution in [1.82, 2.24) is 20.2 Å². The monoisotopic (exact) mass is 303 g/mol. The van der Waals surface area contributed by atoms with Gasteiger partial charge in [0.2, 0.25) is 5.95 Å². The van der Waals surface area contributed by atoms with Crippen molar-refractivity contribution in [3.63, 3.8) is 0 Å². The molecule has 8 heteroatoms. The highest BCUT2D eigenvalue weighted by molar-refractivity contribution is 5.78. The van der Waals surface area contributed by atoms with E-state index in [1.54, 1.807) is 6.92 Å². The summed E-state index contributed by atoms with van der Waals surface area (Å²) in [6, 6.07) is 9.13. The molecule has 3 aromatic rings. The molecule has 0 fully saturated rings. The van der Waals surface area contributed by atoms with Gasteiger partial charge in [0.15, 0.2) is 0 Å². The highest BCUT2D eigenvalue weighted by Gasteiger charge is 2.22. The normalized spacial score (nSPS) is 11.1. The average molecular weight is 303 g/mol. The van der Waals surface area contributed by atoms with Gasteiger partial charge in [-0.3, -0.25) is 0 Å². The number of aryl methyl sites for hydroxylation is 1. The third-order valence-corrected chi connectivity index (χ3v) is 3.00. The van der Waals surface area contributed by atoms with Crippen LogP contribution >= 0.6 is 0 Å². The molecule has 0 saturated carbocycles. The molecule has 1 aromatic carbocycles. The number of hydrogen-bond donors (Lipinski definition) is 1. The van der Waals surface area contributed by atoms with E-state index >= 15 is 0 Å². The molecule has 0 spiro atoms. The van der Waals surface area contributed by atoms with Crippen LogP contribution in [0.15, 0.2) is 34.7 Å². The second kappa shape index (κ2) is 5.47. The first kappa shape index (κ1) is 14.1. The maximum atomic E-state index is 12.6.